The Bertz CT molecular complexity index is 885. The van der Waals surface area contributed by atoms with Gasteiger partial charge in [0.15, 0.2) is 12.4 Å². The summed E-state index contributed by atoms with van der Waals surface area (Å²) in [7, 11) is 0. The van der Waals surface area contributed by atoms with Gasteiger partial charge in [-0.3, -0.25) is 9.59 Å². The summed E-state index contributed by atoms with van der Waals surface area (Å²) in [4.78, 5) is 30.8. The molecule has 0 aliphatic carbocycles. The lowest BCUT2D eigenvalue weighted by Crippen LogP contribution is -2.26. The molecule has 140 valence electrons. The first-order chi connectivity index (χ1) is 13.0. The van der Waals surface area contributed by atoms with Crippen molar-refractivity contribution in [2.24, 2.45) is 10.9 Å². The summed E-state index contributed by atoms with van der Waals surface area (Å²) < 4.78 is 0. The van der Waals surface area contributed by atoms with E-state index in [0.717, 1.165) is 6.42 Å². The van der Waals surface area contributed by atoms with Gasteiger partial charge in [-0.05, 0) is 30.7 Å². The van der Waals surface area contributed by atoms with Crippen LogP contribution in [-0.2, 0) is 14.4 Å². The van der Waals surface area contributed by atoms with Gasteiger partial charge in [0.05, 0.1) is 11.4 Å². The van der Waals surface area contributed by atoms with Crippen LogP contribution in [-0.4, -0.2) is 30.8 Å². The summed E-state index contributed by atoms with van der Waals surface area (Å²) in [5.74, 6) is -0.239. The Morgan fingerprint density at radius 2 is 2.07 bits per heavy atom. The zero-order chi connectivity index (χ0) is 19.2. The predicted octanol–water partition coefficient (Wildman–Crippen LogP) is 2.74. The van der Waals surface area contributed by atoms with Crippen LogP contribution in [0, 0.1) is 0 Å². The molecular weight excluding hydrogens is 368 g/mol. The van der Waals surface area contributed by atoms with Crippen LogP contribution in [0.15, 0.2) is 53.7 Å². The highest BCUT2D eigenvalue weighted by molar-refractivity contribution is 6.31. The number of nitrogens with one attached hydrogen (secondary N) is 1. The largest absolute Gasteiger partial charge is 0.384 e. The standard InChI is InChI=1S/C19H19ClN4O3/c20-14-6-3-5-13(11-14)19(21)23-27-12-17(25)22-15-7-1-2-8-16(15)24-10-4-9-18(24)26/h1-3,5-8,11H,4,9-10,12H2,(H2,21,23)(H,22,25). The number of nitrogens with zero attached hydrogens (tertiary/aromatic N) is 2. The van der Waals surface area contributed by atoms with Gasteiger partial charge in [0.1, 0.15) is 0 Å². The maximum atomic E-state index is 12.2. The van der Waals surface area contributed by atoms with Crippen LogP contribution in [0.25, 0.3) is 0 Å². The van der Waals surface area contributed by atoms with E-state index in [2.05, 4.69) is 10.5 Å². The molecule has 2 aromatic carbocycles. The SMILES string of the molecule is N/C(=N/OCC(=O)Nc1ccccc1N1CCCC1=O)c1cccc(Cl)c1. The third-order valence-electron chi connectivity index (χ3n) is 4.02. The van der Waals surface area contributed by atoms with Crippen molar-refractivity contribution in [3.63, 3.8) is 0 Å². The van der Waals surface area contributed by atoms with Gasteiger partial charge >= 0.3 is 0 Å². The maximum absolute atomic E-state index is 12.2. The van der Waals surface area contributed by atoms with Crippen LogP contribution in [0.5, 0.6) is 0 Å². The third-order valence-corrected chi connectivity index (χ3v) is 4.26. The number of anilines is 2. The maximum Gasteiger partial charge on any atom is 0.265 e. The summed E-state index contributed by atoms with van der Waals surface area (Å²) in [5.41, 5.74) is 7.64. The quantitative estimate of drug-likeness (QED) is 0.453. The highest BCUT2D eigenvalue weighted by Gasteiger charge is 2.24. The van der Waals surface area contributed by atoms with Crippen molar-refractivity contribution in [3.8, 4) is 0 Å². The number of halogens is 1. The number of carbonyl (C=O) groups excluding carboxylic acids is 2. The van der Waals surface area contributed by atoms with Gasteiger partial charge in [0.25, 0.3) is 5.91 Å². The molecule has 0 aromatic heterocycles. The molecular formula is C19H19ClN4O3. The number of nitrogens with two attached hydrogens (primary N) is 1. The van der Waals surface area contributed by atoms with Gasteiger partial charge < -0.3 is 20.8 Å². The van der Waals surface area contributed by atoms with Gasteiger partial charge in [-0.15, -0.1) is 0 Å². The minimum absolute atomic E-state index is 0.0480. The second-order valence-corrected chi connectivity index (χ2v) is 6.41. The van der Waals surface area contributed by atoms with Gasteiger partial charge in [0, 0.05) is 23.6 Å². The molecule has 1 aliphatic rings. The Morgan fingerprint density at radius 3 is 2.81 bits per heavy atom. The fourth-order valence-electron chi connectivity index (χ4n) is 2.76. The first kappa shape index (κ1) is 18.7. The molecule has 3 rings (SSSR count). The topological polar surface area (TPSA) is 97.0 Å². The van der Waals surface area contributed by atoms with Crippen molar-refractivity contribution in [1.29, 1.82) is 0 Å². The second kappa shape index (κ2) is 8.55. The van der Waals surface area contributed by atoms with E-state index in [1.165, 1.54) is 0 Å². The van der Waals surface area contributed by atoms with Crippen LogP contribution in [0.2, 0.25) is 5.02 Å². The Hall–Kier alpha value is -3.06. The Kier molecular flexibility index (Phi) is 5.93. The summed E-state index contributed by atoms with van der Waals surface area (Å²) in [6, 6.07) is 14.0. The number of benzene rings is 2. The van der Waals surface area contributed by atoms with Gasteiger partial charge in [0.2, 0.25) is 5.91 Å². The summed E-state index contributed by atoms with van der Waals surface area (Å²) in [6.07, 6.45) is 1.32. The van der Waals surface area contributed by atoms with Gasteiger partial charge in [-0.2, -0.15) is 0 Å². The van der Waals surface area contributed by atoms with E-state index in [-0.39, 0.29) is 18.3 Å². The van der Waals surface area contributed by atoms with Crippen LogP contribution in [0.4, 0.5) is 11.4 Å². The summed E-state index contributed by atoms with van der Waals surface area (Å²) in [5, 5.41) is 7.01. The number of carbonyl (C=O) groups is 2. The average molecular weight is 387 g/mol. The summed E-state index contributed by atoms with van der Waals surface area (Å²) >= 11 is 5.90. The molecule has 1 fully saturated rings. The normalized spacial score (nSPS) is 14.3. The lowest BCUT2D eigenvalue weighted by atomic mass is 10.2. The molecule has 1 saturated heterocycles. The van der Waals surface area contributed by atoms with Crippen molar-refractivity contribution in [3.05, 3.63) is 59.1 Å². The fraction of sp³-hybridized carbons (Fsp3) is 0.211. The average Bonchev–Trinajstić information content (AvgIpc) is 3.08. The smallest absolute Gasteiger partial charge is 0.265 e. The van der Waals surface area contributed by atoms with E-state index in [9.17, 15) is 9.59 Å². The minimum Gasteiger partial charge on any atom is -0.384 e. The Morgan fingerprint density at radius 1 is 1.26 bits per heavy atom. The van der Waals surface area contributed by atoms with Crippen molar-refractivity contribution >= 4 is 40.6 Å². The lowest BCUT2D eigenvalue weighted by Gasteiger charge is -2.19. The molecule has 0 unspecified atom stereocenters. The van der Waals surface area contributed by atoms with E-state index in [1.807, 2.05) is 6.07 Å². The van der Waals surface area contributed by atoms with Crippen molar-refractivity contribution in [1.82, 2.24) is 0 Å². The predicted molar refractivity (Wildman–Crippen MR) is 105 cm³/mol. The van der Waals surface area contributed by atoms with Crippen molar-refractivity contribution in [2.75, 3.05) is 23.4 Å². The molecule has 2 amide bonds. The molecule has 8 heteroatoms. The van der Waals surface area contributed by atoms with Gasteiger partial charge in [-0.1, -0.05) is 41.0 Å². The zero-order valence-electron chi connectivity index (χ0n) is 14.5. The van der Waals surface area contributed by atoms with Crippen LogP contribution < -0.4 is 16.0 Å². The number of oxime groups is 1. The molecule has 2 aromatic rings. The number of hydrogen-bond donors (Lipinski definition) is 2. The summed E-state index contributed by atoms with van der Waals surface area (Å²) in [6.45, 7) is 0.326. The molecule has 7 nitrogen and oxygen atoms in total. The van der Waals surface area contributed by atoms with Crippen LogP contribution in [0.1, 0.15) is 18.4 Å². The van der Waals surface area contributed by atoms with E-state index in [0.29, 0.717) is 34.9 Å². The zero-order valence-corrected chi connectivity index (χ0v) is 15.3. The van der Waals surface area contributed by atoms with E-state index >= 15 is 0 Å². The first-order valence-electron chi connectivity index (χ1n) is 8.45. The Labute approximate surface area is 161 Å². The number of rotatable bonds is 6. The lowest BCUT2D eigenvalue weighted by molar-refractivity contribution is -0.120. The molecule has 0 radical (unpaired) electrons. The number of amides is 2. The molecule has 3 N–H and O–H groups in total. The number of para-hydroxylation sites is 2. The van der Waals surface area contributed by atoms with Gasteiger partial charge in [-0.25, -0.2) is 0 Å². The molecule has 1 aliphatic heterocycles. The third kappa shape index (κ3) is 4.77. The second-order valence-electron chi connectivity index (χ2n) is 5.97. The molecule has 1 heterocycles. The van der Waals surface area contributed by atoms with Crippen molar-refractivity contribution < 1.29 is 14.4 Å². The number of amidine groups is 1. The fourth-order valence-corrected chi connectivity index (χ4v) is 2.96. The molecule has 27 heavy (non-hydrogen) atoms. The minimum atomic E-state index is -0.406. The molecule has 0 saturated carbocycles. The molecule has 0 bridgehead atoms. The van der Waals surface area contributed by atoms with E-state index < -0.39 is 5.91 Å². The molecule has 0 spiro atoms. The highest BCUT2D eigenvalue weighted by Crippen LogP contribution is 2.29. The van der Waals surface area contributed by atoms with E-state index in [4.69, 9.17) is 22.2 Å². The highest BCUT2D eigenvalue weighted by atomic mass is 35.5. The monoisotopic (exact) mass is 386 g/mol. The van der Waals surface area contributed by atoms with Crippen molar-refractivity contribution in [2.45, 2.75) is 12.8 Å². The van der Waals surface area contributed by atoms with E-state index in [1.54, 1.807) is 47.4 Å². The number of hydrogen-bond acceptors (Lipinski definition) is 4. The Balaban J connectivity index is 1.60. The van der Waals surface area contributed by atoms with Crippen LogP contribution >= 0.6 is 11.6 Å². The van der Waals surface area contributed by atoms with Crippen LogP contribution in [0.3, 0.4) is 0 Å². The molecule has 0 atom stereocenters. The first-order valence-corrected chi connectivity index (χ1v) is 8.83.